The third-order valence-corrected chi connectivity index (χ3v) is 4.82. The Morgan fingerprint density at radius 1 is 1.08 bits per heavy atom. The van der Waals surface area contributed by atoms with Crippen LogP contribution in [0.5, 0.6) is 0 Å². The zero-order valence-corrected chi connectivity index (χ0v) is 19.2. The second-order valence-electron chi connectivity index (χ2n) is 6.27. The van der Waals surface area contributed by atoms with E-state index in [1.807, 2.05) is 6.08 Å². The summed E-state index contributed by atoms with van der Waals surface area (Å²) >= 11 is 0. The minimum atomic E-state index is -1.24. The minimum Gasteiger partial charge on any atom is -0.544 e. The predicted octanol–water partition coefficient (Wildman–Crippen LogP) is -1.67. The van der Waals surface area contributed by atoms with Crippen LogP contribution in [0, 0.1) is 0 Å². The van der Waals surface area contributed by atoms with E-state index in [2.05, 4.69) is 6.58 Å². The topological polar surface area (TPSA) is 97.7 Å². The average molecular weight is 383 g/mol. The molecule has 6 nitrogen and oxygen atoms in total. The molecule has 0 aromatic carbocycles. The van der Waals surface area contributed by atoms with Crippen LogP contribution in [0.3, 0.4) is 0 Å². The van der Waals surface area contributed by atoms with E-state index in [0.29, 0.717) is 13.0 Å². The Bertz CT molecular complexity index is 381. The predicted molar refractivity (Wildman–Crippen MR) is 91.2 cm³/mol. The molecule has 0 spiro atoms. The largest absolute Gasteiger partial charge is 1.00 e. The van der Waals surface area contributed by atoms with E-state index in [9.17, 15) is 24.9 Å². The molecule has 140 valence electrons. The molecule has 3 unspecified atom stereocenters. The van der Waals surface area contributed by atoms with Crippen LogP contribution in [0.1, 0.15) is 58.8 Å². The van der Waals surface area contributed by atoms with Crippen LogP contribution in [0.25, 0.3) is 0 Å². The first-order valence-corrected chi connectivity index (χ1v) is 8.93. The van der Waals surface area contributed by atoms with Gasteiger partial charge in [0, 0.05) is 12.8 Å². The number of hydrogen-bond donors (Lipinski definition) is 2. The van der Waals surface area contributed by atoms with Gasteiger partial charge in [-0.15, -0.1) is 6.58 Å². The van der Waals surface area contributed by atoms with Crippen molar-refractivity contribution in [2.45, 2.75) is 70.9 Å². The van der Waals surface area contributed by atoms with E-state index in [-0.39, 0.29) is 75.4 Å². The van der Waals surface area contributed by atoms with Crippen LogP contribution >= 0.6 is 0 Å². The maximum absolute atomic E-state index is 11.7. The normalized spacial score (nSPS) is 15.5. The summed E-state index contributed by atoms with van der Waals surface area (Å²) in [5.41, 5.74) is 0. The van der Waals surface area contributed by atoms with Crippen molar-refractivity contribution in [2.75, 3.05) is 19.7 Å². The second kappa shape index (κ2) is 15.3. The number of hydrogen-bond acceptors (Lipinski definition) is 4. The Balaban J connectivity index is 0. The Morgan fingerprint density at radius 3 is 2.04 bits per heavy atom. The van der Waals surface area contributed by atoms with Crippen molar-refractivity contribution >= 4 is 11.9 Å². The van der Waals surface area contributed by atoms with E-state index in [0.717, 1.165) is 32.1 Å². The van der Waals surface area contributed by atoms with Crippen LogP contribution in [0.15, 0.2) is 12.7 Å². The van der Waals surface area contributed by atoms with Gasteiger partial charge in [0.2, 0.25) is 0 Å². The molecule has 2 N–H and O–H groups in total. The van der Waals surface area contributed by atoms with E-state index in [4.69, 9.17) is 0 Å². The molecule has 0 heterocycles. The second-order valence-corrected chi connectivity index (χ2v) is 6.27. The first-order valence-electron chi connectivity index (χ1n) is 8.93. The first-order chi connectivity index (χ1) is 11.4. The number of nitrogens with zero attached hydrogens (tertiary/aromatic N) is 1. The van der Waals surface area contributed by atoms with Gasteiger partial charge in [-0.1, -0.05) is 26.3 Å². The smallest absolute Gasteiger partial charge is 0.544 e. The molecular formula is C18H33KNO5+. The van der Waals surface area contributed by atoms with Crippen molar-refractivity contribution in [1.29, 1.82) is 0 Å². The molecular weight excluding hydrogens is 349 g/mol. The molecule has 0 bridgehead atoms. The molecule has 3 atom stereocenters. The maximum Gasteiger partial charge on any atom is 1.00 e. The van der Waals surface area contributed by atoms with Gasteiger partial charge in [-0.05, 0) is 25.7 Å². The van der Waals surface area contributed by atoms with Gasteiger partial charge < -0.3 is 24.6 Å². The SMILES string of the molecule is C=CCCCCCC[N+](CCO)(C(CC)C(=O)[O-])C(CC)C(=O)O.[K+]. The monoisotopic (exact) mass is 382 g/mol. The van der Waals surface area contributed by atoms with Gasteiger partial charge >= 0.3 is 57.4 Å². The standard InChI is InChI=1S/C18H33NO5.K/c1-4-7-8-9-10-11-12-19(13-14-20,15(5-2)17(21)22)16(6-3)18(23)24;/h4,15-16,20H,1,5-14H2,2-3H3,(H-,21,22,23,24);/q;+1. The van der Waals surface area contributed by atoms with Gasteiger partial charge in [0.25, 0.3) is 0 Å². The number of rotatable bonds is 15. The summed E-state index contributed by atoms with van der Waals surface area (Å²) in [5.74, 6) is -2.25. The fourth-order valence-corrected chi connectivity index (χ4v) is 3.69. The molecule has 0 fully saturated rings. The number of carboxylic acids is 2. The number of carbonyl (C=O) groups is 2. The van der Waals surface area contributed by atoms with Crippen LogP contribution in [0.4, 0.5) is 0 Å². The number of aliphatic hydroxyl groups excluding tert-OH is 1. The summed E-state index contributed by atoms with van der Waals surface area (Å²) < 4.78 is -0.136. The van der Waals surface area contributed by atoms with Crippen molar-refractivity contribution in [1.82, 2.24) is 0 Å². The third kappa shape index (κ3) is 8.64. The van der Waals surface area contributed by atoms with Crippen molar-refractivity contribution in [3.8, 4) is 0 Å². The Morgan fingerprint density at radius 2 is 1.64 bits per heavy atom. The molecule has 0 saturated heterocycles. The Labute approximate surface area is 194 Å². The van der Waals surface area contributed by atoms with Crippen LogP contribution in [-0.4, -0.2) is 58.4 Å². The van der Waals surface area contributed by atoms with Crippen molar-refractivity contribution < 1.29 is 80.8 Å². The molecule has 0 saturated carbocycles. The molecule has 7 heteroatoms. The molecule has 25 heavy (non-hydrogen) atoms. The van der Waals surface area contributed by atoms with Gasteiger partial charge in [0.15, 0.2) is 6.04 Å². The van der Waals surface area contributed by atoms with Crippen molar-refractivity contribution in [2.24, 2.45) is 0 Å². The van der Waals surface area contributed by atoms with Gasteiger partial charge in [0.05, 0.1) is 19.1 Å². The fraction of sp³-hybridized carbons (Fsp3) is 0.778. The van der Waals surface area contributed by atoms with Gasteiger partial charge in [-0.2, -0.15) is 0 Å². The quantitative estimate of drug-likeness (QED) is 0.153. The molecule has 0 rings (SSSR count). The summed E-state index contributed by atoms with van der Waals surface area (Å²) in [4.78, 5) is 23.4. The number of aliphatic hydroxyl groups is 1. The molecule has 0 aliphatic carbocycles. The van der Waals surface area contributed by atoms with E-state index >= 15 is 0 Å². The molecule has 0 aromatic heterocycles. The summed E-state index contributed by atoms with van der Waals surface area (Å²) in [6.45, 7) is 7.44. The Kier molecular flexibility index (Phi) is 16.8. The Hall–Kier alpha value is 0.236. The van der Waals surface area contributed by atoms with E-state index in [1.165, 1.54) is 0 Å². The van der Waals surface area contributed by atoms with Crippen molar-refractivity contribution in [3.63, 3.8) is 0 Å². The maximum atomic E-state index is 11.7. The number of unbranched alkanes of at least 4 members (excludes halogenated alkanes) is 4. The third-order valence-electron chi connectivity index (χ3n) is 4.82. The van der Waals surface area contributed by atoms with Gasteiger partial charge in [0.1, 0.15) is 12.6 Å². The minimum absolute atomic E-state index is 0. The molecule has 0 aliphatic heterocycles. The van der Waals surface area contributed by atoms with Crippen molar-refractivity contribution in [3.05, 3.63) is 12.7 Å². The molecule has 0 aromatic rings. The summed E-state index contributed by atoms with van der Waals surface area (Å²) in [6.07, 6.45) is 7.06. The van der Waals surface area contributed by atoms with Crippen LogP contribution < -0.4 is 56.5 Å². The van der Waals surface area contributed by atoms with Crippen LogP contribution in [-0.2, 0) is 9.59 Å². The first kappa shape index (κ1) is 27.5. The molecule has 0 radical (unpaired) electrons. The van der Waals surface area contributed by atoms with E-state index < -0.39 is 24.0 Å². The number of carboxylic acid groups (broad SMARTS) is 2. The van der Waals surface area contributed by atoms with E-state index in [1.54, 1.807) is 13.8 Å². The summed E-state index contributed by atoms with van der Waals surface area (Å²) in [6, 6.07) is -1.78. The molecule has 0 amide bonds. The summed E-state index contributed by atoms with van der Waals surface area (Å²) in [7, 11) is 0. The number of aliphatic carboxylic acids is 2. The zero-order valence-electron chi connectivity index (χ0n) is 16.1. The van der Waals surface area contributed by atoms with Crippen LogP contribution in [0.2, 0.25) is 0 Å². The molecule has 0 aliphatic rings. The fourth-order valence-electron chi connectivity index (χ4n) is 3.69. The average Bonchev–Trinajstić information content (AvgIpc) is 2.51. The number of quaternary nitrogens is 1. The van der Waals surface area contributed by atoms with Gasteiger partial charge in [-0.25, -0.2) is 4.79 Å². The number of carbonyl (C=O) groups excluding carboxylic acids is 1. The summed E-state index contributed by atoms with van der Waals surface area (Å²) in [5, 5.41) is 30.8. The van der Waals surface area contributed by atoms with Gasteiger partial charge in [-0.3, -0.25) is 0 Å². The number of allylic oxidation sites excluding steroid dienone is 1. The zero-order chi connectivity index (χ0) is 18.6.